The summed E-state index contributed by atoms with van der Waals surface area (Å²) in [6, 6.07) is 21.0. The van der Waals surface area contributed by atoms with Crippen LogP contribution in [0.4, 0.5) is 5.82 Å². The lowest BCUT2D eigenvalue weighted by molar-refractivity contribution is 0.102. The Morgan fingerprint density at radius 3 is 2.50 bits per heavy atom. The van der Waals surface area contributed by atoms with Gasteiger partial charge in [0, 0.05) is 17.5 Å². The molecule has 1 N–H and O–H groups in total. The Bertz CT molecular complexity index is 1200. The molecule has 2 heterocycles. The summed E-state index contributed by atoms with van der Waals surface area (Å²) in [5, 5.41) is 7.59. The normalized spacial score (nSPS) is 10.6. The Hall–Kier alpha value is -3.93. The molecule has 6 nitrogen and oxygen atoms in total. The highest BCUT2D eigenvalue weighted by Gasteiger charge is 2.19. The second-order valence-electron chi connectivity index (χ2n) is 7.02. The first kappa shape index (κ1) is 19.4. The summed E-state index contributed by atoms with van der Waals surface area (Å²) in [6.07, 6.45) is 1.74. The van der Waals surface area contributed by atoms with E-state index < -0.39 is 0 Å². The first-order valence-electron chi connectivity index (χ1n) is 9.59. The number of carbonyl (C=O) groups is 1. The van der Waals surface area contributed by atoms with Gasteiger partial charge in [-0.25, -0.2) is 9.67 Å². The van der Waals surface area contributed by atoms with E-state index in [1.807, 2.05) is 74.5 Å². The maximum Gasteiger partial charge on any atom is 0.260 e. The Kier molecular flexibility index (Phi) is 5.30. The molecule has 30 heavy (non-hydrogen) atoms. The average Bonchev–Trinajstić information content (AvgIpc) is 3.20. The molecule has 0 radical (unpaired) electrons. The number of amides is 1. The molecule has 0 unspecified atom stereocenters. The number of benzene rings is 2. The van der Waals surface area contributed by atoms with Crippen molar-refractivity contribution in [3.05, 3.63) is 89.7 Å². The second-order valence-corrected chi connectivity index (χ2v) is 7.02. The van der Waals surface area contributed by atoms with Gasteiger partial charge < -0.3 is 10.1 Å². The van der Waals surface area contributed by atoms with Crippen LogP contribution in [0, 0.1) is 13.8 Å². The van der Waals surface area contributed by atoms with Gasteiger partial charge in [-0.2, -0.15) is 5.10 Å². The molecule has 2 aromatic heterocycles. The van der Waals surface area contributed by atoms with Crippen LogP contribution in [0.3, 0.4) is 0 Å². The van der Waals surface area contributed by atoms with Gasteiger partial charge >= 0.3 is 0 Å². The Balaban J connectivity index is 1.78. The minimum absolute atomic E-state index is 0.274. The van der Waals surface area contributed by atoms with Crippen molar-refractivity contribution in [2.24, 2.45) is 0 Å². The van der Waals surface area contributed by atoms with Crippen molar-refractivity contribution in [3.8, 4) is 22.7 Å². The SMILES string of the molecule is COc1cccc(-c2nn(-c3ccc(C)cc3)cc2C(=O)Nc2cccc(C)n2)c1. The topological polar surface area (TPSA) is 69.0 Å². The van der Waals surface area contributed by atoms with Crippen LogP contribution in [-0.2, 0) is 0 Å². The van der Waals surface area contributed by atoms with E-state index in [4.69, 9.17) is 9.84 Å². The monoisotopic (exact) mass is 398 g/mol. The molecule has 0 fully saturated rings. The van der Waals surface area contributed by atoms with Crippen LogP contribution in [0.1, 0.15) is 21.6 Å². The molecule has 4 rings (SSSR count). The molecule has 0 saturated carbocycles. The first-order valence-corrected chi connectivity index (χ1v) is 9.59. The molecule has 4 aromatic rings. The van der Waals surface area contributed by atoms with Crippen molar-refractivity contribution in [1.29, 1.82) is 0 Å². The van der Waals surface area contributed by atoms with Crippen molar-refractivity contribution in [2.45, 2.75) is 13.8 Å². The van der Waals surface area contributed by atoms with Crippen LogP contribution in [0.15, 0.2) is 72.9 Å². The highest BCUT2D eigenvalue weighted by Crippen LogP contribution is 2.27. The number of ether oxygens (including phenoxy) is 1. The Labute approximate surface area is 175 Å². The van der Waals surface area contributed by atoms with Gasteiger partial charge in [-0.05, 0) is 50.2 Å². The highest BCUT2D eigenvalue weighted by molar-refractivity contribution is 6.07. The fraction of sp³-hybridized carbons (Fsp3) is 0.125. The number of nitrogens with one attached hydrogen (secondary N) is 1. The number of aryl methyl sites for hydroxylation is 2. The fourth-order valence-electron chi connectivity index (χ4n) is 3.15. The third-order valence-corrected chi connectivity index (χ3v) is 4.73. The van der Waals surface area contributed by atoms with Crippen LogP contribution < -0.4 is 10.1 Å². The highest BCUT2D eigenvalue weighted by atomic mass is 16.5. The maximum atomic E-state index is 13.1. The minimum Gasteiger partial charge on any atom is -0.497 e. The fourth-order valence-corrected chi connectivity index (χ4v) is 3.15. The molecule has 0 aliphatic rings. The molecule has 0 bridgehead atoms. The lowest BCUT2D eigenvalue weighted by Gasteiger charge is -2.06. The summed E-state index contributed by atoms with van der Waals surface area (Å²) in [5.41, 5.74) is 4.67. The van der Waals surface area contributed by atoms with Gasteiger partial charge in [0.05, 0.1) is 18.4 Å². The van der Waals surface area contributed by atoms with Gasteiger partial charge in [-0.1, -0.05) is 35.9 Å². The molecule has 6 heteroatoms. The van der Waals surface area contributed by atoms with E-state index >= 15 is 0 Å². The molecule has 0 spiro atoms. The zero-order valence-corrected chi connectivity index (χ0v) is 17.1. The zero-order chi connectivity index (χ0) is 21.1. The third kappa shape index (κ3) is 4.07. The van der Waals surface area contributed by atoms with E-state index in [0.717, 1.165) is 22.5 Å². The zero-order valence-electron chi connectivity index (χ0n) is 17.1. The number of anilines is 1. The second kappa shape index (κ2) is 8.21. The summed E-state index contributed by atoms with van der Waals surface area (Å²) < 4.78 is 7.06. The average molecular weight is 398 g/mol. The van der Waals surface area contributed by atoms with Crippen LogP contribution >= 0.6 is 0 Å². The largest absolute Gasteiger partial charge is 0.497 e. The number of rotatable bonds is 5. The Morgan fingerprint density at radius 2 is 1.77 bits per heavy atom. The van der Waals surface area contributed by atoms with Gasteiger partial charge in [0.1, 0.15) is 17.3 Å². The minimum atomic E-state index is -0.274. The van der Waals surface area contributed by atoms with E-state index in [-0.39, 0.29) is 5.91 Å². The van der Waals surface area contributed by atoms with Gasteiger partial charge in [-0.3, -0.25) is 4.79 Å². The number of carbonyl (C=O) groups excluding carboxylic acids is 1. The third-order valence-electron chi connectivity index (χ3n) is 4.73. The molecule has 2 aromatic carbocycles. The Morgan fingerprint density at radius 1 is 1.00 bits per heavy atom. The van der Waals surface area contributed by atoms with Crippen LogP contribution in [0.2, 0.25) is 0 Å². The smallest absolute Gasteiger partial charge is 0.260 e. The predicted octanol–water partition coefficient (Wildman–Crippen LogP) is 4.81. The number of hydrogen-bond acceptors (Lipinski definition) is 4. The molecule has 0 atom stereocenters. The van der Waals surface area contributed by atoms with Crippen molar-refractivity contribution in [3.63, 3.8) is 0 Å². The summed E-state index contributed by atoms with van der Waals surface area (Å²) in [5.74, 6) is 0.924. The summed E-state index contributed by atoms with van der Waals surface area (Å²) in [7, 11) is 1.61. The lowest BCUT2D eigenvalue weighted by atomic mass is 10.1. The lowest BCUT2D eigenvalue weighted by Crippen LogP contribution is -2.13. The predicted molar refractivity (Wildman–Crippen MR) is 117 cm³/mol. The van der Waals surface area contributed by atoms with E-state index in [1.165, 1.54) is 0 Å². The van der Waals surface area contributed by atoms with Crippen molar-refractivity contribution in [2.75, 3.05) is 12.4 Å². The molecule has 0 aliphatic carbocycles. The number of pyridine rings is 1. The first-order chi connectivity index (χ1) is 14.5. The summed E-state index contributed by atoms with van der Waals surface area (Å²) in [6.45, 7) is 3.91. The molecule has 1 amide bonds. The number of nitrogens with zero attached hydrogens (tertiary/aromatic N) is 3. The number of hydrogen-bond donors (Lipinski definition) is 1. The molecule has 150 valence electrons. The van der Waals surface area contributed by atoms with Gasteiger partial charge in [-0.15, -0.1) is 0 Å². The van der Waals surface area contributed by atoms with Crippen molar-refractivity contribution < 1.29 is 9.53 Å². The quantitative estimate of drug-likeness (QED) is 0.524. The van der Waals surface area contributed by atoms with Gasteiger partial charge in [0.25, 0.3) is 5.91 Å². The van der Waals surface area contributed by atoms with Crippen molar-refractivity contribution >= 4 is 11.7 Å². The molecular formula is C24H22N4O2. The summed E-state index contributed by atoms with van der Waals surface area (Å²) in [4.78, 5) is 17.5. The maximum absolute atomic E-state index is 13.1. The van der Waals surface area contributed by atoms with Gasteiger partial charge in [0.15, 0.2) is 0 Å². The van der Waals surface area contributed by atoms with Crippen LogP contribution in [0.25, 0.3) is 16.9 Å². The number of methoxy groups -OCH3 is 1. The van der Waals surface area contributed by atoms with E-state index in [9.17, 15) is 4.79 Å². The van der Waals surface area contributed by atoms with Crippen molar-refractivity contribution in [1.82, 2.24) is 14.8 Å². The van der Waals surface area contributed by atoms with E-state index in [0.29, 0.717) is 22.8 Å². The van der Waals surface area contributed by atoms with Crippen LogP contribution in [0.5, 0.6) is 5.75 Å². The molecular weight excluding hydrogens is 376 g/mol. The molecule has 0 saturated heterocycles. The van der Waals surface area contributed by atoms with E-state index in [2.05, 4.69) is 10.3 Å². The molecule has 0 aliphatic heterocycles. The standard InChI is InChI=1S/C24H22N4O2/c1-16-10-12-19(13-11-16)28-15-21(24(29)26-22-9-4-6-17(2)25-22)23(27-28)18-7-5-8-20(14-18)30-3/h4-15H,1-3H3,(H,25,26,29). The number of aromatic nitrogens is 3. The van der Waals surface area contributed by atoms with Crippen LogP contribution in [-0.4, -0.2) is 27.8 Å². The van der Waals surface area contributed by atoms with E-state index in [1.54, 1.807) is 24.1 Å². The van der Waals surface area contributed by atoms with Gasteiger partial charge in [0.2, 0.25) is 0 Å². The summed E-state index contributed by atoms with van der Waals surface area (Å²) >= 11 is 0.